The summed E-state index contributed by atoms with van der Waals surface area (Å²) in [6.07, 6.45) is 0. The highest BCUT2D eigenvalue weighted by molar-refractivity contribution is 7.83. The van der Waals surface area contributed by atoms with Crippen LogP contribution in [0.2, 0.25) is 0 Å². The Hall–Kier alpha value is -0.870. The van der Waals surface area contributed by atoms with Crippen LogP contribution >= 0.6 is 0 Å². The standard InChI is InChI=1S/C10H16N2OS/c1-10(2,3)12-14(13)9-6-4-8(11)5-7-9/h4-7,12H,11H2,1-3H3. The third kappa shape index (κ3) is 3.47. The number of nitrogens with one attached hydrogen (secondary N) is 1. The predicted octanol–water partition coefficient (Wildman–Crippen LogP) is 1.68. The molecule has 1 aromatic rings. The highest BCUT2D eigenvalue weighted by atomic mass is 32.2. The molecule has 0 aliphatic rings. The molecule has 1 aromatic carbocycles. The highest BCUT2D eigenvalue weighted by Crippen LogP contribution is 2.11. The van der Waals surface area contributed by atoms with Gasteiger partial charge in [0.25, 0.3) is 0 Å². The van der Waals surface area contributed by atoms with Crippen molar-refractivity contribution in [3.8, 4) is 0 Å². The Morgan fingerprint density at radius 1 is 1.21 bits per heavy atom. The van der Waals surface area contributed by atoms with Gasteiger partial charge in [0.2, 0.25) is 0 Å². The summed E-state index contributed by atoms with van der Waals surface area (Å²) in [5, 5.41) is 0. The molecule has 14 heavy (non-hydrogen) atoms. The van der Waals surface area contributed by atoms with E-state index in [9.17, 15) is 4.21 Å². The van der Waals surface area contributed by atoms with Crippen molar-refractivity contribution in [1.29, 1.82) is 0 Å². The molecule has 3 N–H and O–H groups in total. The van der Waals surface area contributed by atoms with Gasteiger partial charge in [-0.05, 0) is 45.0 Å². The average molecular weight is 212 g/mol. The van der Waals surface area contributed by atoms with Crippen LogP contribution in [-0.2, 0) is 11.0 Å². The minimum atomic E-state index is -1.17. The fraction of sp³-hybridized carbons (Fsp3) is 0.400. The van der Waals surface area contributed by atoms with Crippen LogP contribution in [0.15, 0.2) is 29.2 Å². The third-order valence-corrected chi connectivity index (χ3v) is 2.99. The van der Waals surface area contributed by atoms with E-state index in [4.69, 9.17) is 5.73 Å². The van der Waals surface area contributed by atoms with Crippen molar-refractivity contribution in [2.45, 2.75) is 31.2 Å². The number of benzene rings is 1. The van der Waals surface area contributed by atoms with Crippen molar-refractivity contribution in [2.24, 2.45) is 0 Å². The maximum Gasteiger partial charge on any atom is 0.125 e. The molecule has 0 bridgehead atoms. The molecular formula is C10H16N2OS. The minimum absolute atomic E-state index is 0.160. The Kier molecular flexibility index (Phi) is 3.29. The van der Waals surface area contributed by atoms with Gasteiger partial charge in [0.05, 0.1) is 4.90 Å². The highest BCUT2D eigenvalue weighted by Gasteiger charge is 2.14. The Morgan fingerprint density at radius 2 is 1.71 bits per heavy atom. The van der Waals surface area contributed by atoms with Crippen LogP contribution in [-0.4, -0.2) is 9.75 Å². The second kappa shape index (κ2) is 4.11. The zero-order valence-electron chi connectivity index (χ0n) is 8.70. The fourth-order valence-electron chi connectivity index (χ4n) is 0.928. The van der Waals surface area contributed by atoms with Crippen molar-refractivity contribution in [3.05, 3.63) is 24.3 Å². The van der Waals surface area contributed by atoms with Crippen LogP contribution < -0.4 is 10.5 Å². The first-order chi connectivity index (χ1) is 6.38. The molecular weight excluding hydrogens is 196 g/mol. The first kappa shape index (κ1) is 11.2. The molecule has 1 unspecified atom stereocenters. The topological polar surface area (TPSA) is 55.1 Å². The van der Waals surface area contributed by atoms with Gasteiger partial charge in [-0.15, -0.1) is 0 Å². The SMILES string of the molecule is CC(C)(C)NS(=O)c1ccc(N)cc1. The van der Waals surface area contributed by atoms with E-state index < -0.39 is 11.0 Å². The van der Waals surface area contributed by atoms with Gasteiger partial charge in [0, 0.05) is 11.2 Å². The predicted molar refractivity (Wildman–Crippen MR) is 60.2 cm³/mol. The molecule has 0 aliphatic carbocycles. The molecule has 4 heteroatoms. The summed E-state index contributed by atoms with van der Waals surface area (Å²) < 4.78 is 14.7. The Bertz CT molecular complexity index is 327. The third-order valence-electron chi connectivity index (χ3n) is 1.49. The van der Waals surface area contributed by atoms with Gasteiger partial charge in [-0.2, -0.15) is 0 Å². The van der Waals surface area contributed by atoms with E-state index in [1.807, 2.05) is 20.8 Å². The summed E-state index contributed by atoms with van der Waals surface area (Å²) in [6, 6.07) is 7.03. The van der Waals surface area contributed by atoms with E-state index in [0.717, 1.165) is 4.90 Å². The lowest BCUT2D eigenvalue weighted by molar-refractivity contribution is 0.519. The summed E-state index contributed by atoms with van der Waals surface area (Å²) in [6.45, 7) is 5.92. The lowest BCUT2D eigenvalue weighted by Crippen LogP contribution is -2.37. The molecule has 0 aliphatic heterocycles. The van der Waals surface area contributed by atoms with Gasteiger partial charge in [-0.1, -0.05) is 0 Å². The molecule has 0 spiro atoms. The van der Waals surface area contributed by atoms with Crippen LogP contribution in [0.4, 0.5) is 5.69 Å². The summed E-state index contributed by atoms with van der Waals surface area (Å²) in [7, 11) is -1.17. The number of nitrogen functional groups attached to an aromatic ring is 1. The van der Waals surface area contributed by atoms with Gasteiger partial charge in [0.15, 0.2) is 0 Å². The monoisotopic (exact) mass is 212 g/mol. The first-order valence-corrected chi connectivity index (χ1v) is 5.58. The van der Waals surface area contributed by atoms with Gasteiger partial charge in [-0.25, -0.2) is 8.93 Å². The molecule has 0 fully saturated rings. The van der Waals surface area contributed by atoms with Gasteiger partial charge in [0.1, 0.15) is 11.0 Å². The number of rotatable bonds is 2. The number of nitrogens with two attached hydrogens (primary N) is 1. The van der Waals surface area contributed by atoms with Crippen LogP contribution in [0.25, 0.3) is 0 Å². The molecule has 1 rings (SSSR count). The van der Waals surface area contributed by atoms with Crippen LogP contribution in [0.3, 0.4) is 0 Å². The van der Waals surface area contributed by atoms with E-state index in [1.165, 1.54) is 0 Å². The Morgan fingerprint density at radius 3 is 2.14 bits per heavy atom. The second-order valence-corrected chi connectivity index (χ2v) is 5.40. The van der Waals surface area contributed by atoms with E-state index in [-0.39, 0.29) is 5.54 Å². The molecule has 0 amide bonds. The average Bonchev–Trinajstić information content (AvgIpc) is 2.02. The summed E-state index contributed by atoms with van der Waals surface area (Å²) in [5.41, 5.74) is 6.06. The molecule has 0 aromatic heterocycles. The molecule has 0 radical (unpaired) electrons. The molecule has 3 nitrogen and oxygen atoms in total. The van der Waals surface area contributed by atoms with Crippen molar-refractivity contribution < 1.29 is 4.21 Å². The summed E-state index contributed by atoms with van der Waals surface area (Å²) >= 11 is 0. The van der Waals surface area contributed by atoms with Crippen molar-refractivity contribution in [3.63, 3.8) is 0 Å². The Balaban J connectivity index is 2.76. The Labute approximate surface area is 87.3 Å². The summed E-state index contributed by atoms with van der Waals surface area (Å²) in [5.74, 6) is 0. The van der Waals surface area contributed by atoms with Gasteiger partial charge < -0.3 is 5.73 Å². The van der Waals surface area contributed by atoms with E-state index in [0.29, 0.717) is 5.69 Å². The minimum Gasteiger partial charge on any atom is -0.399 e. The van der Waals surface area contributed by atoms with Gasteiger partial charge in [-0.3, -0.25) is 0 Å². The van der Waals surface area contributed by atoms with Crippen molar-refractivity contribution >= 4 is 16.7 Å². The molecule has 78 valence electrons. The largest absolute Gasteiger partial charge is 0.399 e. The number of anilines is 1. The first-order valence-electron chi connectivity index (χ1n) is 4.43. The van der Waals surface area contributed by atoms with E-state index in [1.54, 1.807) is 24.3 Å². The van der Waals surface area contributed by atoms with Crippen LogP contribution in [0.5, 0.6) is 0 Å². The van der Waals surface area contributed by atoms with Gasteiger partial charge >= 0.3 is 0 Å². The quantitative estimate of drug-likeness (QED) is 0.733. The smallest absolute Gasteiger partial charge is 0.125 e. The van der Waals surface area contributed by atoms with Crippen molar-refractivity contribution in [1.82, 2.24) is 4.72 Å². The lowest BCUT2D eigenvalue weighted by Gasteiger charge is -2.19. The van der Waals surface area contributed by atoms with Crippen molar-refractivity contribution in [2.75, 3.05) is 5.73 Å². The fourth-order valence-corrected chi connectivity index (χ4v) is 1.99. The lowest BCUT2D eigenvalue weighted by atomic mass is 10.1. The second-order valence-electron chi connectivity index (χ2n) is 4.19. The maximum absolute atomic E-state index is 11.7. The van der Waals surface area contributed by atoms with Crippen LogP contribution in [0, 0.1) is 0 Å². The zero-order chi connectivity index (χ0) is 10.8. The summed E-state index contributed by atoms with van der Waals surface area (Å²) in [4.78, 5) is 0.745. The zero-order valence-corrected chi connectivity index (χ0v) is 9.52. The van der Waals surface area contributed by atoms with E-state index in [2.05, 4.69) is 4.72 Å². The normalized spacial score (nSPS) is 13.9. The molecule has 0 heterocycles. The maximum atomic E-state index is 11.7. The molecule has 0 saturated heterocycles. The van der Waals surface area contributed by atoms with E-state index >= 15 is 0 Å². The number of hydrogen-bond acceptors (Lipinski definition) is 2. The molecule has 0 saturated carbocycles. The molecule has 1 atom stereocenters. The van der Waals surface area contributed by atoms with Crippen LogP contribution in [0.1, 0.15) is 20.8 Å². The number of hydrogen-bond donors (Lipinski definition) is 2.